The summed E-state index contributed by atoms with van der Waals surface area (Å²) in [5.74, 6) is -0.198. The Morgan fingerprint density at radius 3 is 1.62 bits per heavy atom. The van der Waals surface area contributed by atoms with Crippen molar-refractivity contribution in [3.8, 4) is 0 Å². The lowest BCUT2D eigenvalue weighted by Crippen LogP contribution is -2.32. The molecule has 0 amide bonds. The predicted octanol–water partition coefficient (Wildman–Crippen LogP) is 3.63. The van der Waals surface area contributed by atoms with E-state index in [-0.39, 0.29) is 18.8 Å². The number of carbonyl (C=O) groups is 1. The number of rotatable bonds is 7. The van der Waals surface area contributed by atoms with Crippen LogP contribution in [0.1, 0.15) is 16.8 Å². The molecule has 3 aromatic carbocycles. The first-order valence-electron chi connectivity index (χ1n) is 8.59. The summed E-state index contributed by atoms with van der Waals surface area (Å²) in [6.45, 7) is -0.201. The molecule has 0 fully saturated rings. The number of hydrogen-bond acceptors (Lipinski definition) is 3. The summed E-state index contributed by atoms with van der Waals surface area (Å²) in [6.07, 6.45) is 0.148. The van der Waals surface area contributed by atoms with Crippen LogP contribution in [0.15, 0.2) is 91.0 Å². The zero-order valence-corrected chi connectivity index (χ0v) is 15.3. The van der Waals surface area contributed by atoms with Gasteiger partial charge < -0.3 is 9.67 Å². The fraction of sp³-hybridized carbons (Fsp3) is 0.136. The van der Waals surface area contributed by atoms with E-state index in [1.54, 1.807) is 48.5 Å². The van der Waals surface area contributed by atoms with Gasteiger partial charge in [-0.1, -0.05) is 91.0 Å². The van der Waals surface area contributed by atoms with Crippen molar-refractivity contribution in [1.29, 1.82) is 0 Å². The van der Waals surface area contributed by atoms with E-state index < -0.39 is 12.8 Å². The second kappa shape index (κ2) is 8.27. The standard InChI is InChI=1S/C22H21O3P/c23-17-16-21(22(24)18-10-4-1-5-11-18)26(25,19-12-6-2-7-13-19)20-14-8-3-9-15-20/h1-15,21,23H,16-17H2. The predicted molar refractivity (Wildman–Crippen MR) is 106 cm³/mol. The second-order valence-corrected chi connectivity index (χ2v) is 9.06. The Labute approximate surface area is 153 Å². The van der Waals surface area contributed by atoms with Crippen LogP contribution in [0, 0.1) is 0 Å². The summed E-state index contributed by atoms with van der Waals surface area (Å²) in [4.78, 5) is 13.2. The van der Waals surface area contributed by atoms with Gasteiger partial charge in [-0.15, -0.1) is 0 Å². The Morgan fingerprint density at radius 2 is 1.19 bits per heavy atom. The maximum atomic E-state index is 14.4. The molecule has 4 heteroatoms. The summed E-state index contributed by atoms with van der Waals surface area (Å²) >= 11 is 0. The number of ketones is 1. The van der Waals surface area contributed by atoms with Crippen LogP contribution in [0.2, 0.25) is 0 Å². The lowest BCUT2D eigenvalue weighted by molar-refractivity contribution is 0.0975. The lowest BCUT2D eigenvalue weighted by Gasteiger charge is -2.27. The van der Waals surface area contributed by atoms with Crippen molar-refractivity contribution in [1.82, 2.24) is 0 Å². The van der Waals surface area contributed by atoms with E-state index in [1.165, 1.54) is 0 Å². The summed E-state index contributed by atoms with van der Waals surface area (Å²) < 4.78 is 14.4. The molecule has 3 nitrogen and oxygen atoms in total. The van der Waals surface area contributed by atoms with E-state index in [4.69, 9.17) is 0 Å². The third kappa shape index (κ3) is 3.55. The Balaban J connectivity index is 2.18. The second-order valence-electron chi connectivity index (χ2n) is 6.09. The van der Waals surface area contributed by atoms with E-state index in [0.717, 1.165) is 0 Å². The van der Waals surface area contributed by atoms with Gasteiger partial charge in [0.25, 0.3) is 0 Å². The van der Waals surface area contributed by atoms with Crippen LogP contribution in [-0.4, -0.2) is 23.2 Å². The highest BCUT2D eigenvalue weighted by molar-refractivity contribution is 7.80. The minimum atomic E-state index is -3.28. The molecule has 0 spiro atoms. The maximum Gasteiger partial charge on any atom is 0.173 e. The Bertz CT molecular complexity index is 849. The average molecular weight is 364 g/mol. The van der Waals surface area contributed by atoms with Gasteiger partial charge in [0.2, 0.25) is 0 Å². The molecule has 132 valence electrons. The number of aliphatic hydroxyl groups is 1. The van der Waals surface area contributed by atoms with Crippen molar-refractivity contribution in [2.24, 2.45) is 0 Å². The van der Waals surface area contributed by atoms with Crippen molar-refractivity contribution in [2.75, 3.05) is 6.61 Å². The number of Topliss-reactive ketones (excluding diaryl/α,β-unsaturated/α-hetero) is 1. The average Bonchev–Trinajstić information content (AvgIpc) is 2.73. The van der Waals surface area contributed by atoms with E-state index in [0.29, 0.717) is 16.2 Å². The Hall–Kier alpha value is -2.48. The van der Waals surface area contributed by atoms with Crippen LogP contribution in [0.4, 0.5) is 0 Å². The van der Waals surface area contributed by atoms with Gasteiger partial charge in [-0.2, -0.15) is 0 Å². The van der Waals surface area contributed by atoms with Crippen LogP contribution in [0.5, 0.6) is 0 Å². The Kier molecular flexibility index (Phi) is 5.82. The molecule has 1 atom stereocenters. The van der Waals surface area contributed by atoms with Crippen molar-refractivity contribution >= 4 is 23.5 Å². The van der Waals surface area contributed by atoms with E-state index in [1.807, 2.05) is 42.5 Å². The monoisotopic (exact) mass is 364 g/mol. The van der Waals surface area contributed by atoms with Crippen LogP contribution in [0.3, 0.4) is 0 Å². The van der Waals surface area contributed by atoms with Crippen molar-refractivity contribution in [3.05, 3.63) is 96.6 Å². The quantitative estimate of drug-likeness (QED) is 0.514. The minimum Gasteiger partial charge on any atom is -0.396 e. The lowest BCUT2D eigenvalue weighted by atomic mass is 10.1. The first-order chi connectivity index (χ1) is 12.7. The van der Waals surface area contributed by atoms with Crippen molar-refractivity contribution < 1.29 is 14.5 Å². The van der Waals surface area contributed by atoms with Gasteiger partial charge in [0.1, 0.15) is 0 Å². The number of benzene rings is 3. The van der Waals surface area contributed by atoms with Gasteiger partial charge in [-0.05, 0) is 6.42 Å². The molecule has 26 heavy (non-hydrogen) atoms. The van der Waals surface area contributed by atoms with E-state index in [9.17, 15) is 14.5 Å². The highest BCUT2D eigenvalue weighted by atomic mass is 31.2. The molecule has 1 N–H and O–H groups in total. The molecule has 3 aromatic rings. The number of hydrogen-bond donors (Lipinski definition) is 1. The zero-order chi connectivity index (χ0) is 18.4. The fourth-order valence-electron chi connectivity index (χ4n) is 3.20. The largest absolute Gasteiger partial charge is 0.396 e. The molecule has 0 aliphatic heterocycles. The highest BCUT2D eigenvalue weighted by Gasteiger charge is 2.41. The molecule has 1 unspecified atom stereocenters. The molecule has 0 bridgehead atoms. The summed E-state index contributed by atoms with van der Waals surface area (Å²) in [7, 11) is -3.28. The number of carbonyl (C=O) groups excluding carboxylic acids is 1. The molecule has 0 saturated carbocycles. The molecule has 0 aromatic heterocycles. The summed E-state index contributed by atoms with van der Waals surface area (Å²) in [5.41, 5.74) is -0.294. The molecular formula is C22H21O3P. The van der Waals surface area contributed by atoms with Crippen molar-refractivity contribution in [2.45, 2.75) is 12.1 Å². The van der Waals surface area contributed by atoms with Gasteiger partial charge in [-0.25, -0.2) is 0 Å². The fourth-order valence-corrected chi connectivity index (χ4v) is 6.41. The van der Waals surface area contributed by atoms with E-state index in [2.05, 4.69) is 0 Å². The molecule has 0 radical (unpaired) electrons. The third-order valence-corrected chi connectivity index (χ3v) is 7.98. The molecule has 0 aliphatic carbocycles. The smallest absolute Gasteiger partial charge is 0.173 e. The maximum absolute atomic E-state index is 14.4. The van der Waals surface area contributed by atoms with Gasteiger partial charge in [0.15, 0.2) is 12.9 Å². The van der Waals surface area contributed by atoms with Crippen LogP contribution in [0.25, 0.3) is 0 Å². The van der Waals surface area contributed by atoms with Crippen LogP contribution < -0.4 is 10.6 Å². The number of aliphatic hydroxyl groups excluding tert-OH is 1. The minimum absolute atomic E-state index is 0.148. The van der Waals surface area contributed by atoms with Gasteiger partial charge in [0.05, 0.1) is 5.66 Å². The first kappa shape index (κ1) is 18.3. The van der Waals surface area contributed by atoms with Crippen molar-refractivity contribution in [3.63, 3.8) is 0 Å². The van der Waals surface area contributed by atoms with E-state index >= 15 is 0 Å². The normalized spacial score (nSPS) is 12.5. The van der Waals surface area contributed by atoms with Gasteiger partial charge >= 0.3 is 0 Å². The van der Waals surface area contributed by atoms with Gasteiger partial charge in [-0.3, -0.25) is 4.79 Å². The van der Waals surface area contributed by atoms with Gasteiger partial charge in [0, 0.05) is 22.8 Å². The molecule has 0 heterocycles. The topological polar surface area (TPSA) is 54.4 Å². The van der Waals surface area contributed by atoms with Crippen LogP contribution >= 0.6 is 7.14 Å². The highest BCUT2D eigenvalue weighted by Crippen LogP contribution is 2.51. The zero-order valence-electron chi connectivity index (χ0n) is 14.4. The summed E-state index contributed by atoms with van der Waals surface area (Å²) in [6, 6.07) is 27.1. The molecule has 0 saturated heterocycles. The summed E-state index contributed by atoms with van der Waals surface area (Å²) in [5, 5.41) is 10.9. The molecule has 0 aliphatic rings. The van der Waals surface area contributed by atoms with Crippen LogP contribution in [-0.2, 0) is 4.57 Å². The molecular weight excluding hydrogens is 343 g/mol. The third-order valence-electron chi connectivity index (χ3n) is 4.48. The molecule has 3 rings (SSSR count). The Morgan fingerprint density at radius 1 is 0.769 bits per heavy atom. The SMILES string of the molecule is O=C(c1ccccc1)C(CCO)P(=O)(c1ccccc1)c1ccccc1. The first-order valence-corrected chi connectivity index (χ1v) is 10.4.